The summed E-state index contributed by atoms with van der Waals surface area (Å²) in [5.74, 6) is 0.137. The lowest BCUT2D eigenvalue weighted by Crippen LogP contribution is -2.53. The van der Waals surface area contributed by atoms with E-state index >= 15 is 0 Å². The molecular formula is C14H24N2O3. The van der Waals surface area contributed by atoms with Gasteiger partial charge in [0.1, 0.15) is 0 Å². The summed E-state index contributed by atoms with van der Waals surface area (Å²) in [5, 5.41) is 11.9. The third-order valence-electron chi connectivity index (χ3n) is 4.32. The molecule has 0 aromatic carbocycles. The smallest absolute Gasteiger partial charge is 0.303 e. The highest BCUT2D eigenvalue weighted by Gasteiger charge is 2.37. The predicted octanol–water partition coefficient (Wildman–Crippen LogP) is 1.09. The van der Waals surface area contributed by atoms with E-state index in [0.29, 0.717) is 6.04 Å². The molecule has 0 aromatic rings. The van der Waals surface area contributed by atoms with Crippen LogP contribution in [0.15, 0.2) is 0 Å². The van der Waals surface area contributed by atoms with Crippen LogP contribution in [0.3, 0.4) is 0 Å². The molecule has 2 rings (SSSR count). The normalized spacial score (nSPS) is 29.8. The molecule has 19 heavy (non-hydrogen) atoms. The summed E-state index contributed by atoms with van der Waals surface area (Å²) in [6.45, 7) is 5.45. The lowest BCUT2D eigenvalue weighted by molar-refractivity contribution is -0.138. The first-order valence-corrected chi connectivity index (χ1v) is 7.18. The maximum absolute atomic E-state index is 11.2. The average molecular weight is 268 g/mol. The van der Waals surface area contributed by atoms with Crippen LogP contribution in [0.5, 0.6) is 0 Å². The molecule has 0 aromatic heterocycles. The van der Waals surface area contributed by atoms with Crippen molar-refractivity contribution < 1.29 is 14.7 Å². The summed E-state index contributed by atoms with van der Waals surface area (Å²) in [6.07, 6.45) is 3.54. The van der Waals surface area contributed by atoms with Crippen molar-refractivity contribution in [2.24, 2.45) is 11.8 Å². The van der Waals surface area contributed by atoms with Crippen LogP contribution in [-0.2, 0) is 9.59 Å². The van der Waals surface area contributed by atoms with E-state index in [-0.39, 0.29) is 24.3 Å². The van der Waals surface area contributed by atoms with Gasteiger partial charge in [0.15, 0.2) is 0 Å². The molecule has 0 radical (unpaired) electrons. The zero-order valence-electron chi connectivity index (χ0n) is 11.8. The molecule has 5 heteroatoms. The van der Waals surface area contributed by atoms with Crippen LogP contribution >= 0.6 is 0 Å². The number of rotatable bonds is 5. The summed E-state index contributed by atoms with van der Waals surface area (Å²) >= 11 is 0. The number of hydrogen-bond donors (Lipinski definition) is 2. The van der Waals surface area contributed by atoms with E-state index in [1.54, 1.807) is 0 Å². The van der Waals surface area contributed by atoms with Crippen molar-refractivity contribution in [3.05, 3.63) is 0 Å². The van der Waals surface area contributed by atoms with Gasteiger partial charge in [-0.2, -0.15) is 0 Å². The molecule has 2 aliphatic rings. The van der Waals surface area contributed by atoms with Gasteiger partial charge in [0.25, 0.3) is 0 Å². The van der Waals surface area contributed by atoms with E-state index in [2.05, 4.69) is 17.1 Å². The molecule has 1 saturated carbocycles. The highest BCUT2D eigenvalue weighted by Crippen LogP contribution is 2.36. The molecule has 1 aliphatic carbocycles. The fourth-order valence-electron chi connectivity index (χ4n) is 3.24. The van der Waals surface area contributed by atoms with Gasteiger partial charge in [0.2, 0.25) is 5.91 Å². The predicted molar refractivity (Wildman–Crippen MR) is 71.7 cm³/mol. The Hall–Kier alpha value is -1.10. The zero-order valence-corrected chi connectivity index (χ0v) is 11.8. The van der Waals surface area contributed by atoms with Crippen molar-refractivity contribution >= 4 is 11.9 Å². The van der Waals surface area contributed by atoms with Gasteiger partial charge in [0.05, 0.1) is 0 Å². The van der Waals surface area contributed by atoms with Gasteiger partial charge in [-0.1, -0.05) is 0 Å². The van der Waals surface area contributed by atoms with Crippen LogP contribution < -0.4 is 5.32 Å². The molecule has 2 N–H and O–H groups in total. The number of carbonyl (C=O) groups is 2. The fraction of sp³-hybridized carbons (Fsp3) is 0.857. The minimum absolute atomic E-state index is 0.0278. The highest BCUT2D eigenvalue weighted by molar-refractivity contribution is 5.73. The van der Waals surface area contributed by atoms with E-state index in [1.165, 1.54) is 19.8 Å². The zero-order chi connectivity index (χ0) is 14.0. The van der Waals surface area contributed by atoms with Gasteiger partial charge in [-0.15, -0.1) is 0 Å². The van der Waals surface area contributed by atoms with Crippen LogP contribution in [-0.4, -0.2) is 47.1 Å². The van der Waals surface area contributed by atoms with Crippen LogP contribution in [0.25, 0.3) is 0 Å². The number of amides is 1. The molecule has 0 spiro atoms. The van der Waals surface area contributed by atoms with Gasteiger partial charge in [-0.05, 0) is 38.0 Å². The van der Waals surface area contributed by atoms with E-state index in [4.69, 9.17) is 5.11 Å². The lowest BCUT2D eigenvalue weighted by atomic mass is 9.90. The number of carboxylic acids is 1. The van der Waals surface area contributed by atoms with Crippen LogP contribution in [0.1, 0.15) is 39.5 Å². The van der Waals surface area contributed by atoms with E-state index in [1.807, 2.05) is 0 Å². The molecule has 1 aliphatic heterocycles. The van der Waals surface area contributed by atoms with E-state index in [9.17, 15) is 9.59 Å². The summed E-state index contributed by atoms with van der Waals surface area (Å²) in [5.41, 5.74) is 0. The minimum Gasteiger partial charge on any atom is -0.481 e. The number of carboxylic acid groups (broad SMARTS) is 1. The van der Waals surface area contributed by atoms with Crippen LogP contribution in [0.2, 0.25) is 0 Å². The van der Waals surface area contributed by atoms with Gasteiger partial charge < -0.3 is 10.4 Å². The first kappa shape index (κ1) is 14.3. The number of carbonyl (C=O) groups excluding carboxylic acids is 1. The van der Waals surface area contributed by atoms with Crippen LogP contribution in [0.4, 0.5) is 0 Å². The third-order valence-corrected chi connectivity index (χ3v) is 4.32. The molecule has 5 nitrogen and oxygen atoms in total. The number of hydrogen-bond acceptors (Lipinski definition) is 3. The summed E-state index contributed by atoms with van der Waals surface area (Å²) in [7, 11) is 0. The second kappa shape index (κ2) is 5.90. The quantitative estimate of drug-likeness (QED) is 0.783. The van der Waals surface area contributed by atoms with Crippen molar-refractivity contribution in [1.82, 2.24) is 10.2 Å². The maximum Gasteiger partial charge on any atom is 0.303 e. The van der Waals surface area contributed by atoms with E-state index in [0.717, 1.165) is 25.4 Å². The second-order valence-electron chi connectivity index (χ2n) is 6.13. The van der Waals surface area contributed by atoms with Crippen molar-refractivity contribution in [3.8, 4) is 0 Å². The molecule has 0 bridgehead atoms. The Balaban J connectivity index is 1.97. The second-order valence-corrected chi connectivity index (χ2v) is 6.13. The van der Waals surface area contributed by atoms with E-state index < -0.39 is 5.97 Å². The number of aliphatic carboxylic acids is 1. The molecule has 1 amide bonds. The average Bonchev–Trinajstić information content (AvgIpc) is 3.09. The number of nitrogens with zero attached hydrogens (tertiary/aromatic N) is 1. The molecule has 3 unspecified atom stereocenters. The number of piperidine rings is 1. The Morgan fingerprint density at radius 2 is 2.05 bits per heavy atom. The Morgan fingerprint density at radius 1 is 1.37 bits per heavy atom. The van der Waals surface area contributed by atoms with Gasteiger partial charge >= 0.3 is 5.97 Å². The Bertz CT molecular complexity index is 331. The molecular weight excluding hydrogens is 244 g/mol. The molecule has 1 heterocycles. The summed E-state index contributed by atoms with van der Waals surface area (Å²) in [4.78, 5) is 24.5. The Labute approximate surface area is 114 Å². The van der Waals surface area contributed by atoms with Gasteiger partial charge in [0, 0.05) is 38.5 Å². The largest absolute Gasteiger partial charge is 0.481 e. The maximum atomic E-state index is 11.2. The first-order chi connectivity index (χ1) is 8.95. The molecule has 3 atom stereocenters. The van der Waals surface area contributed by atoms with Gasteiger partial charge in [-0.25, -0.2) is 0 Å². The van der Waals surface area contributed by atoms with Crippen LogP contribution in [0, 0.1) is 11.8 Å². The molecule has 108 valence electrons. The van der Waals surface area contributed by atoms with Crippen molar-refractivity contribution in [1.29, 1.82) is 0 Å². The van der Waals surface area contributed by atoms with Crippen molar-refractivity contribution in [3.63, 3.8) is 0 Å². The third kappa shape index (κ3) is 4.20. The SMILES string of the molecule is CC(=O)NC1CC(CC(=O)O)CN(C(C)C2CC2)C1. The van der Waals surface area contributed by atoms with Crippen molar-refractivity contribution in [2.75, 3.05) is 13.1 Å². The summed E-state index contributed by atoms with van der Waals surface area (Å²) < 4.78 is 0. The monoisotopic (exact) mass is 268 g/mol. The minimum atomic E-state index is -0.743. The standard InChI is InChI=1S/C14H24N2O3/c1-9(12-3-4-12)16-7-11(6-14(18)19)5-13(8-16)15-10(2)17/h9,11-13H,3-8H2,1-2H3,(H,15,17)(H,18,19). The molecule has 1 saturated heterocycles. The van der Waals surface area contributed by atoms with Gasteiger partial charge in [-0.3, -0.25) is 14.5 Å². The lowest BCUT2D eigenvalue weighted by Gasteiger charge is -2.41. The van der Waals surface area contributed by atoms with Crippen molar-refractivity contribution in [2.45, 2.75) is 51.6 Å². The summed E-state index contributed by atoms with van der Waals surface area (Å²) in [6, 6.07) is 0.602. The first-order valence-electron chi connectivity index (χ1n) is 7.18. The number of nitrogens with one attached hydrogen (secondary N) is 1. The fourth-order valence-corrected chi connectivity index (χ4v) is 3.24. The highest BCUT2D eigenvalue weighted by atomic mass is 16.4. The number of likely N-dealkylation sites (tertiary alicyclic amines) is 1. The topological polar surface area (TPSA) is 69.6 Å². The molecule has 2 fully saturated rings. The Morgan fingerprint density at radius 3 is 2.58 bits per heavy atom. The Kier molecular flexibility index (Phi) is 4.45.